The highest BCUT2D eigenvalue weighted by Gasteiger charge is 2.35. The van der Waals surface area contributed by atoms with E-state index >= 15 is 0 Å². The SMILES string of the molecule is O=C(NCC1(c2ccc(F)cc2)CCOCC1)c1ccc(NC(=O)c2ccco2)cc1. The average Bonchev–Trinajstić information content (AvgIpc) is 3.34. The quantitative estimate of drug-likeness (QED) is 0.625. The molecule has 4 rings (SSSR count). The van der Waals surface area contributed by atoms with Gasteiger partial charge in [-0.05, 0) is 66.9 Å². The van der Waals surface area contributed by atoms with Crippen molar-refractivity contribution in [2.45, 2.75) is 18.3 Å². The number of carbonyl (C=O) groups excluding carboxylic acids is 2. The summed E-state index contributed by atoms with van der Waals surface area (Å²) in [7, 11) is 0. The molecule has 2 aromatic carbocycles. The van der Waals surface area contributed by atoms with E-state index in [0.717, 1.165) is 18.4 Å². The summed E-state index contributed by atoms with van der Waals surface area (Å²) < 4.78 is 24.0. The normalized spacial score (nSPS) is 15.3. The van der Waals surface area contributed by atoms with Crippen molar-refractivity contribution >= 4 is 17.5 Å². The van der Waals surface area contributed by atoms with Crippen LogP contribution in [-0.4, -0.2) is 31.6 Å². The Morgan fingerprint density at radius 1 is 0.935 bits per heavy atom. The van der Waals surface area contributed by atoms with Crippen molar-refractivity contribution in [1.82, 2.24) is 5.32 Å². The van der Waals surface area contributed by atoms with E-state index in [-0.39, 0.29) is 28.8 Å². The maximum absolute atomic E-state index is 13.4. The van der Waals surface area contributed by atoms with Crippen LogP contribution in [0.3, 0.4) is 0 Å². The van der Waals surface area contributed by atoms with Crippen LogP contribution in [0.5, 0.6) is 0 Å². The van der Waals surface area contributed by atoms with Gasteiger partial charge in [0, 0.05) is 36.4 Å². The Morgan fingerprint density at radius 2 is 1.65 bits per heavy atom. The van der Waals surface area contributed by atoms with Crippen LogP contribution in [0.4, 0.5) is 10.1 Å². The van der Waals surface area contributed by atoms with Crippen LogP contribution in [-0.2, 0) is 10.2 Å². The largest absolute Gasteiger partial charge is 0.459 e. The van der Waals surface area contributed by atoms with Crippen LogP contribution in [0.1, 0.15) is 39.3 Å². The monoisotopic (exact) mass is 422 g/mol. The Hall–Kier alpha value is -3.45. The second-order valence-electron chi connectivity index (χ2n) is 7.59. The van der Waals surface area contributed by atoms with E-state index in [4.69, 9.17) is 9.15 Å². The standard InChI is InChI=1S/C24H23FN2O4/c25-19-7-5-18(6-8-19)24(11-14-30-15-12-24)16-26-22(28)17-3-9-20(10-4-17)27-23(29)21-2-1-13-31-21/h1-10,13H,11-12,14-16H2,(H,26,28)(H,27,29). The number of anilines is 1. The highest BCUT2D eigenvalue weighted by atomic mass is 19.1. The van der Waals surface area contributed by atoms with Crippen molar-refractivity contribution in [2.24, 2.45) is 0 Å². The minimum absolute atomic E-state index is 0.211. The highest BCUT2D eigenvalue weighted by Crippen LogP contribution is 2.34. The third kappa shape index (κ3) is 4.83. The van der Waals surface area contributed by atoms with Gasteiger partial charge in [-0.1, -0.05) is 12.1 Å². The lowest BCUT2D eigenvalue weighted by Gasteiger charge is -2.38. The van der Waals surface area contributed by atoms with Gasteiger partial charge in [0.05, 0.1) is 6.26 Å². The summed E-state index contributed by atoms with van der Waals surface area (Å²) >= 11 is 0. The van der Waals surface area contributed by atoms with Crippen molar-refractivity contribution in [3.05, 3.63) is 89.6 Å². The summed E-state index contributed by atoms with van der Waals surface area (Å²) in [5.41, 5.74) is 1.74. The van der Waals surface area contributed by atoms with Gasteiger partial charge in [-0.2, -0.15) is 0 Å². The summed E-state index contributed by atoms with van der Waals surface area (Å²) in [6, 6.07) is 16.3. The van der Waals surface area contributed by atoms with Gasteiger partial charge in [0.15, 0.2) is 5.76 Å². The number of hydrogen-bond acceptors (Lipinski definition) is 4. The van der Waals surface area contributed by atoms with Crippen molar-refractivity contribution < 1.29 is 23.1 Å². The third-order valence-electron chi connectivity index (χ3n) is 5.64. The molecular weight excluding hydrogens is 399 g/mol. The zero-order valence-electron chi connectivity index (χ0n) is 16.9. The van der Waals surface area contributed by atoms with Gasteiger partial charge < -0.3 is 19.8 Å². The Bertz CT molecular complexity index is 1020. The molecule has 2 heterocycles. The maximum atomic E-state index is 13.4. The van der Waals surface area contributed by atoms with Crippen LogP contribution < -0.4 is 10.6 Å². The zero-order valence-corrected chi connectivity index (χ0v) is 16.9. The number of furan rings is 1. The number of rotatable bonds is 6. The molecule has 0 aliphatic carbocycles. The van der Waals surface area contributed by atoms with Crippen molar-refractivity contribution in [2.75, 3.05) is 25.1 Å². The van der Waals surface area contributed by atoms with Gasteiger partial charge in [-0.15, -0.1) is 0 Å². The predicted octanol–water partition coefficient (Wildman–Crippen LogP) is 4.15. The van der Waals surface area contributed by atoms with Crippen LogP contribution in [0.25, 0.3) is 0 Å². The molecule has 0 radical (unpaired) electrons. The van der Waals surface area contributed by atoms with Crippen LogP contribution >= 0.6 is 0 Å². The Morgan fingerprint density at radius 3 is 2.29 bits per heavy atom. The van der Waals surface area contributed by atoms with Gasteiger partial charge >= 0.3 is 0 Å². The first-order chi connectivity index (χ1) is 15.1. The topological polar surface area (TPSA) is 80.6 Å². The van der Waals surface area contributed by atoms with Crippen LogP contribution in [0.2, 0.25) is 0 Å². The van der Waals surface area contributed by atoms with E-state index in [9.17, 15) is 14.0 Å². The molecule has 1 saturated heterocycles. The number of hydrogen-bond donors (Lipinski definition) is 2. The van der Waals surface area contributed by atoms with Crippen LogP contribution in [0, 0.1) is 5.82 Å². The number of benzene rings is 2. The molecule has 1 aliphatic heterocycles. The lowest BCUT2D eigenvalue weighted by molar-refractivity contribution is 0.0487. The first-order valence-electron chi connectivity index (χ1n) is 10.1. The number of ether oxygens (including phenoxy) is 1. The molecule has 6 nitrogen and oxygen atoms in total. The number of carbonyl (C=O) groups is 2. The van der Waals surface area contributed by atoms with E-state index in [0.29, 0.717) is 31.0 Å². The average molecular weight is 422 g/mol. The molecule has 0 saturated carbocycles. The summed E-state index contributed by atoms with van der Waals surface area (Å²) in [6.07, 6.45) is 2.92. The molecule has 1 aromatic heterocycles. The Labute approximate surface area is 179 Å². The maximum Gasteiger partial charge on any atom is 0.291 e. The van der Waals surface area contributed by atoms with E-state index in [1.165, 1.54) is 18.4 Å². The fourth-order valence-corrected chi connectivity index (χ4v) is 3.79. The third-order valence-corrected chi connectivity index (χ3v) is 5.64. The van der Waals surface area contributed by atoms with Crippen molar-refractivity contribution in [3.63, 3.8) is 0 Å². The molecule has 0 spiro atoms. The Balaban J connectivity index is 1.41. The van der Waals surface area contributed by atoms with E-state index < -0.39 is 0 Å². The summed E-state index contributed by atoms with van der Waals surface area (Å²) in [5, 5.41) is 5.73. The molecule has 0 unspecified atom stereocenters. The van der Waals surface area contributed by atoms with Crippen molar-refractivity contribution in [3.8, 4) is 0 Å². The van der Waals surface area contributed by atoms with Crippen LogP contribution in [0.15, 0.2) is 71.3 Å². The first kappa shape index (κ1) is 20.8. The molecule has 2 N–H and O–H groups in total. The fourth-order valence-electron chi connectivity index (χ4n) is 3.79. The predicted molar refractivity (Wildman–Crippen MR) is 114 cm³/mol. The first-order valence-corrected chi connectivity index (χ1v) is 10.1. The smallest absolute Gasteiger partial charge is 0.291 e. The molecule has 7 heteroatoms. The molecule has 31 heavy (non-hydrogen) atoms. The second kappa shape index (κ2) is 9.14. The minimum Gasteiger partial charge on any atom is -0.459 e. The summed E-state index contributed by atoms with van der Waals surface area (Å²) in [5.74, 6) is -0.640. The van der Waals surface area contributed by atoms with Gasteiger partial charge in [0.25, 0.3) is 11.8 Å². The number of amides is 2. The molecule has 0 bridgehead atoms. The molecule has 160 valence electrons. The highest BCUT2D eigenvalue weighted by molar-refractivity contribution is 6.02. The van der Waals surface area contributed by atoms with Gasteiger partial charge in [0.1, 0.15) is 5.82 Å². The summed E-state index contributed by atoms with van der Waals surface area (Å²) in [4.78, 5) is 24.8. The minimum atomic E-state index is -0.358. The van der Waals surface area contributed by atoms with E-state index in [1.807, 2.05) is 0 Å². The molecular formula is C24H23FN2O4. The molecule has 2 amide bonds. The number of nitrogens with one attached hydrogen (secondary N) is 2. The van der Waals surface area contributed by atoms with Crippen molar-refractivity contribution in [1.29, 1.82) is 0 Å². The van der Waals surface area contributed by atoms with E-state index in [2.05, 4.69) is 10.6 Å². The Kier molecular flexibility index (Phi) is 6.13. The van der Waals surface area contributed by atoms with Gasteiger partial charge in [-0.25, -0.2) is 4.39 Å². The van der Waals surface area contributed by atoms with Gasteiger partial charge in [-0.3, -0.25) is 9.59 Å². The molecule has 1 fully saturated rings. The molecule has 3 aromatic rings. The van der Waals surface area contributed by atoms with E-state index in [1.54, 1.807) is 48.5 Å². The second-order valence-corrected chi connectivity index (χ2v) is 7.59. The zero-order chi connectivity index (χ0) is 21.7. The molecule has 1 aliphatic rings. The van der Waals surface area contributed by atoms with Gasteiger partial charge in [0.2, 0.25) is 0 Å². The molecule has 0 atom stereocenters. The lowest BCUT2D eigenvalue weighted by Crippen LogP contribution is -2.44. The lowest BCUT2D eigenvalue weighted by atomic mass is 9.74. The fraction of sp³-hybridized carbons (Fsp3) is 0.250. The number of halogens is 1. The summed E-state index contributed by atoms with van der Waals surface area (Å²) in [6.45, 7) is 1.62.